The third-order valence-corrected chi connectivity index (χ3v) is 4.70. The third kappa shape index (κ3) is 2.09. The van der Waals surface area contributed by atoms with Gasteiger partial charge < -0.3 is 5.73 Å². The molecule has 1 aliphatic carbocycles. The minimum Gasteiger partial charge on any atom is -0.399 e. The number of hydrogen-bond acceptors (Lipinski definition) is 3. The van der Waals surface area contributed by atoms with Crippen LogP contribution >= 0.6 is 0 Å². The van der Waals surface area contributed by atoms with E-state index in [2.05, 4.69) is 6.92 Å². The first-order valence-electron chi connectivity index (χ1n) is 7.29. The first-order chi connectivity index (χ1) is 9.60. The molecule has 20 heavy (non-hydrogen) atoms. The van der Waals surface area contributed by atoms with Crippen molar-refractivity contribution in [2.75, 3.05) is 5.73 Å². The van der Waals surface area contributed by atoms with Crippen molar-refractivity contribution >= 4 is 17.5 Å². The molecule has 0 aromatic heterocycles. The molecule has 1 heterocycles. The van der Waals surface area contributed by atoms with Crippen LogP contribution in [-0.2, 0) is 16.1 Å². The Hall–Kier alpha value is -1.84. The molecule has 1 saturated carbocycles. The van der Waals surface area contributed by atoms with Crippen LogP contribution in [0, 0.1) is 17.8 Å². The molecule has 1 aromatic carbocycles. The summed E-state index contributed by atoms with van der Waals surface area (Å²) in [4.78, 5) is 26.3. The maximum absolute atomic E-state index is 12.4. The second-order valence-electron chi connectivity index (χ2n) is 5.97. The van der Waals surface area contributed by atoms with Crippen LogP contribution in [0.15, 0.2) is 24.3 Å². The molecule has 2 N–H and O–H groups in total. The summed E-state index contributed by atoms with van der Waals surface area (Å²) in [5, 5.41) is 0. The van der Waals surface area contributed by atoms with E-state index in [4.69, 9.17) is 5.73 Å². The summed E-state index contributed by atoms with van der Waals surface area (Å²) in [6.07, 6.45) is 2.81. The lowest BCUT2D eigenvalue weighted by atomic mass is 10.00. The molecular formula is C16H20N2O2. The van der Waals surface area contributed by atoms with Gasteiger partial charge in [-0.25, -0.2) is 0 Å². The number of carbonyl (C=O) groups is 2. The Bertz CT molecular complexity index is 531. The lowest BCUT2D eigenvalue weighted by molar-refractivity contribution is -0.141. The molecule has 1 saturated heterocycles. The molecule has 0 spiro atoms. The van der Waals surface area contributed by atoms with Crippen molar-refractivity contribution < 1.29 is 9.59 Å². The van der Waals surface area contributed by atoms with Crippen molar-refractivity contribution in [1.29, 1.82) is 0 Å². The fourth-order valence-corrected chi connectivity index (χ4v) is 3.56. The van der Waals surface area contributed by atoms with Gasteiger partial charge in [0.2, 0.25) is 11.8 Å². The number of anilines is 1. The minimum absolute atomic E-state index is 0.0124. The van der Waals surface area contributed by atoms with Crippen LogP contribution in [0.1, 0.15) is 31.7 Å². The van der Waals surface area contributed by atoms with Gasteiger partial charge in [-0.15, -0.1) is 0 Å². The molecule has 2 aliphatic rings. The molecule has 3 rings (SSSR count). The van der Waals surface area contributed by atoms with E-state index < -0.39 is 0 Å². The summed E-state index contributed by atoms with van der Waals surface area (Å²) < 4.78 is 0. The monoisotopic (exact) mass is 272 g/mol. The predicted octanol–water partition coefficient (Wildman–Crippen LogP) is 2.19. The maximum Gasteiger partial charge on any atom is 0.233 e. The van der Waals surface area contributed by atoms with Gasteiger partial charge in [0.15, 0.2) is 0 Å². The topological polar surface area (TPSA) is 63.4 Å². The van der Waals surface area contributed by atoms with Crippen molar-refractivity contribution in [1.82, 2.24) is 4.90 Å². The van der Waals surface area contributed by atoms with Crippen LogP contribution in [0.25, 0.3) is 0 Å². The lowest BCUT2D eigenvalue weighted by Crippen LogP contribution is -2.31. The van der Waals surface area contributed by atoms with Gasteiger partial charge in [-0.1, -0.05) is 25.5 Å². The Morgan fingerprint density at radius 3 is 2.40 bits per heavy atom. The molecule has 0 radical (unpaired) electrons. The zero-order valence-corrected chi connectivity index (χ0v) is 11.7. The average molecular weight is 272 g/mol. The summed E-state index contributed by atoms with van der Waals surface area (Å²) in [7, 11) is 0. The molecule has 2 amide bonds. The van der Waals surface area contributed by atoms with Gasteiger partial charge in [0.25, 0.3) is 0 Å². The number of rotatable bonds is 3. The molecule has 4 heteroatoms. The second kappa shape index (κ2) is 4.93. The fourth-order valence-electron chi connectivity index (χ4n) is 3.56. The van der Waals surface area contributed by atoms with Crippen LogP contribution < -0.4 is 5.73 Å². The Kier molecular flexibility index (Phi) is 3.24. The predicted molar refractivity (Wildman–Crippen MR) is 76.4 cm³/mol. The Morgan fingerprint density at radius 1 is 1.20 bits per heavy atom. The van der Waals surface area contributed by atoms with Crippen molar-refractivity contribution in [3.05, 3.63) is 29.8 Å². The van der Waals surface area contributed by atoms with Crippen LogP contribution in [-0.4, -0.2) is 16.7 Å². The van der Waals surface area contributed by atoms with Crippen LogP contribution in [0.4, 0.5) is 5.69 Å². The molecule has 4 nitrogen and oxygen atoms in total. The molecule has 106 valence electrons. The Balaban J connectivity index is 1.77. The molecule has 1 aromatic rings. The summed E-state index contributed by atoms with van der Waals surface area (Å²) in [6, 6.07) is 7.38. The number of imide groups is 1. The number of nitrogen functional groups attached to an aromatic ring is 1. The number of amides is 2. The highest BCUT2D eigenvalue weighted by atomic mass is 16.2. The van der Waals surface area contributed by atoms with Gasteiger partial charge in [-0.2, -0.15) is 0 Å². The molecule has 0 bridgehead atoms. The SMILES string of the molecule is CCC1CC2C(=O)N(Cc3cccc(N)c3)C(=O)C2C1. The zero-order valence-electron chi connectivity index (χ0n) is 11.7. The Morgan fingerprint density at radius 2 is 1.85 bits per heavy atom. The van der Waals surface area contributed by atoms with E-state index in [1.54, 1.807) is 6.07 Å². The van der Waals surface area contributed by atoms with Gasteiger partial charge >= 0.3 is 0 Å². The number of hydrogen-bond donors (Lipinski definition) is 1. The largest absolute Gasteiger partial charge is 0.399 e. The number of benzene rings is 1. The lowest BCUT2D eigenvalue weighted by Gasteiger charge is -2.17. The van der Waals surface area contributed by atoms with E-state index in [-0.39, 0.29) is 23.7 Å². The van der Waals surface area contributed by atoms with Crippen molar-refractivity contribution in [3.63, 3.8) is 0 Å². The van der Waals surface area contributed by atoms with E-state index >= 15 is 0 Å². The number of fused-ring (bicyclic) bond motifs is 1. The number of nitrogens with two attached hydrogens (primary N) is 1. The van der Waals surface area contributed by atoms with Crippen molar-refractivity contribution in [2.45, 2.75) is 32.7 Å². The molecular weight excluding hydrogens is 252 g/mol. The Labute approximate surface area is 118 Å². The fraction of sp³-hybridized carbons (Fsp3) is 0.500. The van der Waals surface area contributed by atoms with E-state index in [0.717, 1.165) is 24.8 Å². The van der Waals surface area contributed by atoms with Crippen LogP contribution in [0.5, 0.6) is 0 Å². The van der Waals surface area contributed by atoms with Gasteiger partial charge in [-0.3, -0.25) is 14.5 Å². The first-order valence-corrected chi connectivity index (χ1v) is 7.29. The standard InChI is InChI=1S/C16H20N2O2/c1-2-10-7-13-14(8-10)16(20)18(15(13)19)9-11-4-3-5-12(17)6-11/h3-6,10,13-14H,2,7-9,17H2,1H3. The van der Waals surface area contributed by atoms with Crippen LogP contribution in [0.3, 0.4) is 0 Å². The number of carbonyl (C=O) groups excluding carboxylic acids is 2. The van der Waals surface area contributed by atoms with Crippen molar-refractivity contribution in [2.24, 2.45) is 17.8 Å². The second-order valence-corrected chi connectivity index (χ2v) is 5.97. The minimum atomic E-state index is -0.0755. The van der Waals surface area contributed by atoms with E-state index in [0.29, 0.717) is 18.2 Å². The van der Waals surface area contributed by atoms with E-state index in [9.17, 15) is 9.59 Å². The summed E-state index contributed by atoms with van der Waals surface area (Å²) in [5.41, 5.74) is 7.32. The highest BCUT2D eigenvalue weighted by Crippen LogP contribution is 2.44. The molecule has 2 unspecified atom stereocenters. The smallest absolute Gasteiger partial charge is 0.233 e. The van der Waals surface area contributed by atoms with Gasteiger partial charge in [0.05, 0.1) is 18.4 Å². The molecule has 2 fully saturated rings. The first kappa shape index (κ1) is 13.2. The third-order valence-electron chi connectivity index (χ3n) is 4.70. The van der Waals surface area contributed by atoms with Crippen molar-refractivity contribution in [3.8, 4) is 0 Å². The normalized spacial score (nSPS) is 29.1. The van der Waals surface area contributed by atoms with Crippen LogP contribution in [0.2, 0.25) is 0 Å². The van der Waals surface area contributed by atoms with Gasteiger partial charge in [-0.05, 0) is 36.5 Å². The maximum atomic E-state index is 12.4. The zero-order chi connectivity index (χ0) is 14.3. The quantitative estimate of drug-likeness (QED) is 0.677. The number of nitrogens with zero attached hydrogens (tertiary/aromatic N) is 1. The summed E-state index contributed by atoms with van der Waals surface area (Å²) in [5.74, 6) is 0.409. The van der Waals surface area contributed by atoms with Gasteiger partial charge in [0, 0.05) is 5.69 Å². The number of likely N-dealkylation sites (tertiary alicyclic amines) is 1. The highest BCUT2D eigenvalue weighted by Gasteiger charge is 2.51. The summed E-state index contributed by atoms with van der Waals surface area (Å²) in [6.45, 7) is 2.48. The average Bonchev–Trinajstić information content (AvgIpc) is 2.95. The molecule has 2 atom stereocenters. The van der Waals surface area contributed by atoms with Gasteiger partial charge in [0.1, 0.15) is 0 Å². The van der Waals surface area contributed by atoms with E-state index in [1.165, 1.54) is 4.90 Å². The summed E-state index contributed by atoms with van der Waals surface area (Å²) >= 11 is 0. The van der Waals surface area contributed by atoms with E-state index in [1.807, 2.05) is 18.2 Å². The molecule has 1 aliphatic heterocycles. The highest BCUT2D eigenvalue weighted by molar-refractivity contribution is 6.05.